The van der Waals surface area contributed by atoms with E-state index in [0.717, 1.165) is 18.9 Å². The fourth-order valence-corrected chi connectivity index (χ4v) is 3.14. The number of nitrogens with one attached hydrogen (secondary N) is 1. The molecule has 1 aliphatic heterocycles. The van der Waals surface area contributed by atoms with Gasteiger partial charge in [0.1, 0.15) is 0 Å². The molecule has 0 radical (unpaired) electrons. The lowest BCUT2D eigenvalue weighted by molar-refractivity contribution is 0.121. The minimum absolute atomic E-state index is 0.649. The monoisotopic (exact) mass is 260 g/mol. The Morgan fingerprint density at radius 2 is 1.89 bits per heavy atom. The maximum Gasteiger partial charge on any atom is 0.0210 e. The number of nitrogens with zero attached hydrogens (tertiary/aromatic N) is 1. The van der Waals surface area contributed by atoms with Gasteiger partial charge in [0.25, 0.3) is 0 Å². The zero-order valence-electron chi connectivity index (χ0n) is 12.8. The summed E-state index contributed by atoms with van der Waals surface area (Å²) in [6, 6.07) is 10.1. The molecule has 0 spiro atoms. The van der Waals surface area contributed by atoms with Crippen LogP contribution in [0.15, 0.2) is 24.3 Å². The van der Waals surface area contributed by atoms with Crippen molar-refractivity contribution in [3.05, 3.63) is 35.4 Å². The zero-order valence-corrected chi connectivity index (χ0v) is 12.8. The van der Waals surface area contributed by atoms with Crippen LogP contribution in [0.3, 0.4) is 0 Å². The third-order valence-electron chi connectivity index (χ3n) is 4.66. The summed E-state index contributed by atoms with van der Waals surface area (Å²) in [5.41, 5.74) is 2.94. The van der Waals surface area contributed by atoms with Crippen molar-refractivity contribution in [3.8, 4) is 0 Å². The molecule has 0 aromatic heterocycles. The highest BCUT2D eigenvalue weighted by molar-refractivity contribution is 5.26. The van der Waals surface area contributed by atoms with Crippen LogP contribution in [0.2, 0.25) is 0 Å². The first kappa shape index (κ1) is 14.5. The molecule has 0 saturated carbocycles. The first-order chi connectivity index (χ1) is 9.11. The van der Waals surface area contributed by atoms with Crippen molar-refractivity contribution in [1.82, 2.24) is 10.2 Å². The molecule has 1 aromatic rings. The van der Waals surface area contributed by atoms with Crippen molar-refractivity contribution in [2.45, 2.75) is 52.2 Å². The molecule has 1 aromatic carbocycles. The summed E-state index contributed by atoms with van der Waals surface area (Å²) in [5.74, 6) is 0.731. The van der Waals surface area contributed by atoms with Crippen LogP contribution in [0.4, 0.5) is 0 Å². The summed E-state index contributed by atoms with van der Waals surface area (Å²) < 4.78 is 0. The Morgan fingerprint density at radius 3 is 2.58 bits per heavy atom. The lowest BCUT2D eigenvalue weighted by Gasteiger charge is -2.40. The molecule has 1 fully saturated rings. The molecule has 0 bridgehead atoms. The maximum atomic E-state index is 3.79. The van der Waals surface area contributed by atoms with Gasteiger partial charge in [-0.05, 0) is 43.9 Å². The molecule has 0 amide bonds. The Balaban J connectivity index is 1.94. The van der Waals surface area contributed by atoms with E-state index in [1.54, 1.807) is 0 Å². The number of hydrogen-bond donors (Lipinski definition) is 1. The Morgan fingerprint density at radius 1 is 1.21 bits per heavy atom. The van der Waals surface area contributed by atoms with E-state index < -0.39 is 0 Å². The molecule has 106 valence electrons. The first-order valence-corrected chi connectivity index (χ1v) is 7.62. The Labute approximate surface area is 118 Å². The van der Waals surface area contributed by atoms with Gasteiger partial charge in [-0.3, -0.25) is 0 Å². The Bertz CT molecular complexity index is 402. The van der Waals surface area contributed by atoms with Crippen LogP contribution in [-0.4, -0.2) is 30.6 Å². The summed E-state index contributed by atoms with van der Waals surface area (Å²) in [4.78, 5) is 2.48. The standard InChI is InChI=1S/C17H28N2/c1-5-15-8-6-7-9-16(15)11-18-17-10-14(3)19(4)12-13(17)2/h6-9,13-14,17-18H,5,10-12H2,1-4H3. The van der Waals surface area contributed by atoms with E-state index in [1.807, 2.05) is 0 Å². The van der Waals surface area contributed by atoms with E-state index in [4.69, 9.17) is 0 Å². The summed E-state index contributed by atoms with van der Waals surface area (Å²) >= 11 is 0. The van der Waals surface area contributed by atoms with Gasteiger partial charge in [-0.25, -0.2) is 0 Å². The van der Waals surface area contributed by atoms with Crippen molar-refractivity contribution in [2.24, 2.45) is 5.92 Å². The first-order valence-electron chi connectivity index (χ1n) is 7.62. The highest BCUT2D eigenvalue weighted by atomic mass is 15.2. The third kappa shape index (κ3) is 3.58. The van der Waals surface area contributed by atoms with Gasteiger partial charge in [0.15, 0.2) is 0 Å². The zero-order chi connectivity index (χ0) is 13.8. The summed E-state index contributed by atoms with van der Waals surface area (Å²) in [5, 5.41) is 3.79. The van der Waals surface area contributed by atoms with Gasteiger partial charge >= 0.3 is 0 Å². The van der Waals surface area contributed by atoms with Crippen molar-refractivity contribution in [1.29, 1.82) is 0 Å². The predicted molar refractivity (Wildman–Crippen MR) is 82.3 cm³/mol. The molecule has 2 heteroatoms. The van der Waals surface area contributed by atoms with Gasteiger partial charge in [0.05, 0.1) is 0 Å². The number of hydrogen-bond acceptors (Lipinski definition) is 2. The lowest BCUT2D eigenvalue weighted by atomic mass is 9.89. The van der Waals surface area contributed by atoms with Crippen molar-refractivity contribution in [2.75, 3.05) is 13.6 Å². The van der Waals surface area contributed by atoms with Gasteiger partial charge < -0.3 is 10.2 Å². The minimum atomic E-state index is 0.649. The Hall–Kier alpha value is -0.860. The molecule has 19 heavy (non-hydrogen) atoms. The van der Waals surface area contributed by atoms with E-state index in [9.17, 15) is 0 Å². The average Bonchev–Trinajstić information content (AvgIpc) is 2.41. The normalized spacial score (nSPS) is 28.5. The van der Waals surface area contributed by atoms with Gasteiger partial charge in [0, 0.05) is 25.2 Å². The fraction of sp³-hybridized carbons (Fsp3) is 0.647. The third-order valence-corrected chi connectivity index (χ3v) is 4.66. The smallest absolute Gasteiger partial charge is 0.0210 e. The van der Waals surface area contributed by atoms with Crippen LogP contribution in [-0.2, 0) is 13.0 Å². The van der Waals surface area contributed by atoms with Crippen LogP contribution < -0.4 is 5.32 Å². The van der Waals surface area contributed by atoms with E-state index in [1.165, 1.54) is 24.1 Å². The quantitative estimate of drug-likeness (QED) is 0.895. The molecular weight excluding hydrogens is 232 g/mol. The van der Waals surface area contributed by atoms with E-state index in [-0.39, 0.29) is 0 Å². The molecule has 1 aliphatic rings. The largest absolute Gasteiger partial charge is 0.310 e. The molecule has 1 heterocycles. The SMILES string of the molecule is CCc1ccccc1CNC1CC(C)N(C)CC1C. The summed E-state index contributed by atoms with van der Waals surface area (Å²) in [6.45, 7) is 9.15. The highest BCUT2D eigenvalue weighted by Crippen LogP contribution is 2.21. The van der Waals surface area contributed by atoms with Crippen molar-refractivity contribution in [3.63, 3.8) is 0 Å². The van der Waals surface area contributed by atoms with E-state index in [2.05, 4.69) is 62.3 Å². The molecule has 1 saturated heterocycles. The fourth-order valence-electron chi connectivity index (χ4n) is 3.14. The van der Waals surface area contributed by atoms with Crippen LogP contribution in [0, 0.1) is 5.92 Å². The average molecular weight is 260 g/mol. The number of likely N-dealkylation sites (tertiary alicyclic amines) is 1. The number of piperidine rings is 1. The number of aryl methyl sites for hydroxylation is 1. The summed E-state index contributed by atoms with van der Waals surface area (Å²) in [7, 11) is 2.24. The molecule has 1 N–H and O–H groups in total. The van der Waals surface area contributed by atoms with Crippen LogP contribution in [0.25, 0.3) is 0 Å². The molecule has 2 rings (SSSR count). The van der Waals surface area contributed by atoms with Crippen LogP contribution >= 0.6 is 0 Å². The van der Waals surface area contributed by atoms with E-state index in [0.29, 0.717) is 12.1 Å². The molecule has 0 aliphatic carbocycles. The maximum absolute atomic E-state index is 3.79. The van der Waals surface area contributed by atoms with Gasteiger partial charge in [-0.15, -0.1) is 0 Å². The van der Waals surface area contributed by atoms with Gasteiger partial charge in [-0.1, -0.05) is 38.1 Å². The molecular formula is C17H28N2. The molecule has 3 unspecified atom stereocenters. The molecule has 3 atom stereocenters. The number of rotatable bonds is 4. The van der Waals surface area contributed by atoms with E-state index >= 15 is 0 Å². The van der Waals surface area contributed by atoms with Gasteiger partial charge in [0.2, 0.25) is 0 Å². The summed E-state index contributed by atoms with van der Waals surface area (Å²) in [6.07, 6.45) is 2.38. The number of benzene rings is 1. The van der Waals surface area contributed by atoms with Crippen molar-refractivity contribution >= 4 is 0 Å². The van der Waals surface area contributed by atoms with Crippen LogP contribution in [0.1, 0.15) is 38.3 Å². The van der Waals surface area contributed by atoms with Crippen molar-refractivity contribution < 1.29 is 0 Å². The minimum Gasteiger partial charge on any atom is -0.310 e. The predicted octanol–water partition coefficient (Wildman–Crippen LogP) is 3.07. The highest BCUT2D eigenvalue weighted by Gasteiger charge is 2.28. The second-order valence-electron chi connectivity index (χ2n) is 6.11. The topological polar surface area (TPSA) is 15.3 Å². The van der Waals surface area contributed by atoms with Crippen LogP contribution in [0.5, 0.6) is 0 Å². The Kier molecular flexibility index (Phi) is 5.00. The van der Waals surface area contributed by atoms with Gasteiger partial charge in [-0.2, -0.15) is 0 Å². The second-order valence-corrected chi connectivity index (χ2v) is 6.11. The molecule has 2 nitrogen and oxygen atoms in total. The lowest BCUT2D eigenvalue weighted by Crippen LogP contribution is -2.50. The second kappa shape index (κ2) is 6.53.